The summed E-state index contributed by atoms with van der Waals surface area (Å²) in [4.78, 5) is 20.5. The first-order valence-electron chi connectivity index (χ1n) is 4.72. The molecule has 0 rings (SSSR count). The van der Waals surface area contributed by atoms with Gasteiger partial charge in [-0.3, -0.25) is 0 Å². The second kappa shape index (κ2) is 11.5. The van der Waals surface area contributed by atoms with Gasteiger partial charge in [0.2, 0.25) is 0 Å². The smallest absolute Gasteiger partial charge is 0.333 e. The van der Waals surface area contributed by atoms with Crippen LogP contribution >= 0.6 is 0 Å². The highest BCUT2D eigenvalue weighted by atomic mass is 16.5. The zero-order valence-electron chi connectivity index (χ0n) is 9.69. The third kappa shape index (κ3) is 12.4. The number of aliphatic hydroxyl groups is 1. The van der Waals surface area contributed by atoms with Gasteiger partial charge in [-0.2, -0.15) is 0 Å². The largest absolute Gasteiger partial charge is 0.463 e. The highest BCUT2D eigenvalue weighted by Gasteiger charge is 1.99. The first-order chi connectivity index (χ1) is 7.49. The van der Waals surface area contributed by atoms with Crippen LogP contribution in [0.15, 0.2) is 24.8 Å². The maximum atomic E-state index is 10.5. The highest BCUT2D eigenvalue weighted by molar-refractivity contribution is 5.86. The second-order valence-electron chi connectivity index (χ2n) is 2.60. The minimum Gasteiger partial charge on any atom is -0.463 e. The highest BCUT2D eigenvalue weighted by Crippen LogP contribution is 1.89. The van der Waals surface area contributed by atoms with Crippen LogP contribution in [0.2, 0.25) is 0 Å². The minimum absolute atomic E-state index is 0.0473. The van der Waals surface area contributed by atoms with Gasteiger partial charge in [-0.05, 0) is 13.8 Å². The van der Waals surface area contributed by atoms with Gasteiger partial charge in [-0.1, -0.05) is 13.2 Å². The molecule has 0 saturated carbocycles. The molecule has 0 aliphatic carbocycles. The van der Waals surface area contributed by atoms with E-state index in [1.54, 1.807) is 13.8 Å². The van der Waals surface area contributed by atoms with Gasteiger partial charge in [-0.15, -0.1) is 0 Å². The van der Waals surface area contributed by atoms with E-state index < -0.39 is 5.97 Å². The summed E-state index contributed by atoms with van der Waals surface area (Å²) in [6.07, 6.45) is 1.14. The number of aliphatic hydroxyl groups excluding tert-OH is 1. The van der Waals surface area contributed by atoms with Crippen molar-refractivity contribution in [3.63, 3.8) is 0 Å². The molecule has 0 unspecified atom stereocenters. The van der Waals surface area contributed by atoms with Crippen LogP contribution in [0.4, 0.5) is 0 Å². The third-order valence-corrected chi connectivity index (χ3v) is 1.13. The Morgan fingerprint density at radius 3 is 2.19 bits per heavy atom. The molecule has 5 nitrogen and oxygen atoms in total. The van der Waals surface area contributed by atoms with Gasteiger partial charge >= 0.3 is 11.9 Å². The molecule has 0 heterocycles. The molecule has 1 N–H and O–H groups in total. The van der Waals surface area contributed by atoms with Gasteiger partial charge < -0.3 is 14.6 Å². The van der Waals surface area contributed by atoms with E-state index >= 15 is 0 Å². The first-order valence-corrected chi connectivity index (χ1v) is 4.72. The molecule has 0 saturated heterocycles. The summed E-state index contributed by atoms with van der Waals surface area (Å²) < 4.78 is 8.90. The Balaban J connectivity index is 0. The summed E-state index contributed by atoms with van der Waals surface area (Å²) in [6.45, 7) is 10.2. The van der Waals surface area contributed by atoms with Crippen molar-refractivity contribution in [1.82, 2.24) is 0 Å². The normalized spacial score (nSPS) is 8.19. The average Bonchev–Trinajstić information content (AvgIpc) is 2.26. The summed E-state index contributed by atoms with van der Waals surface area (Å²) >= 11 is 0. The van der Waals surface area contributed by atoms with Crippen molar-refractivity contribution in [2.75, 3.05) is 19.8 Å². The fourth-order valence-electron chi connectivity index (χ4n) is 0.463. The van der Waals surface area contributed by atoms with E-state index in [1.165, 1.54) is 0 Å². The standard InChI is InChI=1S/C6H10O3.C5H8O2/c1-5(2)6(8)9-4-3-7;1-3-5(6)7-4-2/h7H,1,3-4H2,2H3;3H,1,4H2,2H3. The lowest BCUT2D eigenvalue weighted by Crippen LogP contribution is -2.08. The predicted octanol–water partition coefficient (Wildman–Crippen LogP) is 0.834. The second-order valence-corrected chi connectivity index (χ2v) is 2.60. The van der Waals surface area contributed by atoms with Crippen molar-refractivity contribution in [1.29, 1.82) is 0 Å². The predicted molar refractivity (Wildman–Crippen MR) is 59.7 cm³/mol. The van der Waals surface area contributed by atoms with Crippen LogP contribution in [0.5, 0.6) is 0 Å². The van der Waals surface area contributed by atoms with Crippen LogP contribution in [0, 0.1) is 0 Å². The number of carbonyl (C=O) groups is 2. The van der Waals surface area contributed by atoms with Crippen LogP contribution in [0.1, 0.15) is 13.8 Å². The van der Waals surface area contributed by atoms with Crippen LogP contribution < -0.4 is 0 Å². The third-order valence-electron chi connectivity index (χ3n) is 1.13. The van der Waals surface area contributed by atoms with Crippen LogP contribution in [-0.4, -0.2) is 36.9 Å². The zero-order chi connectivity index (χ0) is 13.0. The zero-order valence-corrected chi connectivity index (χ0v) is 9.69. The molecular weight excluding hydrogens is 212 g/mol. The van der Waals surface area contributed by atoms with Gasteiger partial charge in [0.25, 0.3) is 0 Å². The molecule has 92 valence electrons. The molecular formula is C11H18O5. The average molecular weight is 230 g/mol. The molecule has 16 heavy (non-hydrogen) atoms. The maximum Gasteiger partial charge on any atom is 0.333 e. The van der Waals surface area contributed by atoms with Crippen molar-refractivity contribution in [3.05, 3.63) is 24.8 Å². The minimum atomic E-state index is -0.455. The molecule has 0 aromatic heterocycles. The number of hydrogen-bond donors (Lipinski definition) is 1. The monoisotopic (exact) mass is 230 g/mol. The molecule has 0 aromatic carbocycles. The molecule has 0 aliphatic rings. The Hall–Kier alpha value is -1.62. The van der Waals surface area contributed by atoms with Gasteiger partial charge in [0, 0.05) is 11.6 Å². The van der Waals surface area contributed by atoms with E-state index in [0.29, 0.717) is 12.2 Å². The maximum absolute atomic E-state index is 10.5. The van der Waals surface area contributed by atoms with Crippen LogP contribution in [0.3, 0.4) is 0 Å². The molecule has 0 fully saturated rings. The summed E-state index contributed by atoms with van der Waals surface area (Å²) in [5.41, 5.74) is 0.350. The fourth-order valence-corrected chi connectivity index (χ4v) is 0.463. The van der Waals surface area contributed by atoms with Crippen LogP contribution in [0.25, 0.3) is 0 Å². The first kappa shape index (κ1) is 16.8. The van der Waals surface area contributed by atoms with Gasteiger partial charge in [0.1, 0.15) is 6.61 Å². The Morgan fingerprint density at radius 2 is 1.94 bits per heavy atom. The molecule has 0 atom stereocenters. The number of esters is 2. The van der Waals surface area contributed by atoms with Crippen molar-refractivity contribution in [3.8, 4) is 0 Å². The van der Waals surface area contributed by atoms with E-state index in [9.17, 15) is 9.59 Å². The SMILES string of the molecule is C=C(C)C(=O)OCCO.C=CC(=O)OCC. The summed E-state index contributed by atoms with van der Waals surface area (Å²) in [5, 5.41) is 8.19. The molecule has 0 bridgehead atoms. The van der Waals surface area contributed by atoms with Crippen LogP contribution in [-0.2, 0) is 19.1 Å². The van der Waals surface area contributed by atoms with Crippen molar-refractivity contribution < 1.29 is 24.2 Å². The molecule has 0 radical (unpaired) electrons. The van der Waals surface area contributed by atoms with Crippen molar-refractivity contribution >= 4 is 11.9 Å². The quantitative estimate of drug-likeness (QED) is 0.559. The van der Waals surface area contributed by atoms with Crippen molar-refractivity contribution in [2.45, 2.75) is 13.8 Å². The lowest BCUT2D eigenvalue weighted by atomic mass is 10.4. The van der Waals surface area contributed by atoms with E-state index in [4.69, 9.17) is 5.11 Å². The molecule has 5 heteroatoms. The Kier molecular flexibility index (Phi) is 12.0. The Bertz CT molecular complexity index is 245. The Labute approximate surface area is 95.4 Å². The lowest BCUT2D eigenvalue weighted by molar-refractivity contribution is -0.140. The van der Waals surface area contributed by atoms with Gasteiger partial charge in [0.15, 0.2) is 0 Å². The molecule has 0 aliphatic heterocycles. The van der Waals surface area contributed by atoms with E-state index in [1.807, 2.05) is 0 Å². The van der Waals surface area contributed by atoms with E-state index in [-0.39, 0.29) is 19.2 Å². The van der Waals surface area contributed by atoms with E-state index in [2.05, 4.69) is 22.6 Å². The topological polar surface area (TPSA) is 72.8 Å². The number of ether oxygens (including phenoxy) is 2. The Morgan fingerprint density at radius 1 is 1.38 bits per heavy atom. The fraction of sp³-hybridized carbons (Fsp3) is 0.455. The lowest BCUT2D eigenvalue weighted by Gasteiger charge is -1.99. The number of carbonyl (C=O) groups excluding carboxylic acids is 2. The number of hydrogen-bond acceptors (Lipinski definition) is 5. The van der Waals surface area contributed by atoms with Gasteiger partial charge in [0.05, 0.1) is 13.2 Å². The molecule has 0 aromatic rings. The molecule has 0 amide bonds. The summed E-state index contributed by atoms with van der Waals surface area (Å²) in [7, 11) is 0. The van der Waals surface area contributed by atoms with E-state index in [0.717, 1.165) is 6.08 Å². The molecule has 0 spiro atoms. The van der Waals surface area contributed by atoms with Gasteiger partial charge in [-0.25, -0.2) is 9.59 Å². The summed E-state index contributed by atoms with van der Waals surface area (Å²) in [6, 6.07) is 0. The number of rotatable bonds is 5. The summed E-state index contributed by atoms with van der Waals surface area (Å²) in [5.74, 6) is -0.813. The van der Waals surface area contributed by atoms with Crippen molar-refractivity contribution in [2.24, 2.45) is 0 Å².